The summed E-state index contributed by atoms with van der Waals surface area (Å²) in [7, 11) is 8.67. The van der Waals surface area contributed by atoms with Crippen LogP contribution in [0.5, 0.6) is 0 Å². The summed E-state index contributed by atoms with van der Waals surface area (Å²) in [4.78, 5) is 9.46. The van der Waals surface area contributed by atoms with E-state index in [1.54, 1.807) is 0 Å². The van der Waals surface area contributed by atoms with Crippen molar-refractivity contribution in [1.82, 2.24) is 18.8 Å². The molecule has 1 fully saturated rings. The summed E-state index contributed by atoms with van der Waals surface area (Å²) in [6.45, 7) is 0.0937. The molecule has 6 nitrogen and oxygen atoms in total. The van der Waals surface area contributed by atoms with Crippen LogP contribution in [0.25, 0.3) is 55.0 Å². The van der Waals surface area contributed by atoms with Crippen molar-refractivity contribution in [1.29, 1.82) is 0 Å². The number of anilines is 2. The SMILES string of the molecule is CN(C)B1B(N(C)C)N(c2ccc(-n3c4ccccc4c4ccccc43)cc2)[C](=[Pd])N1c1ccc(-n2c3ccccc3c3ccccc32)cc1. The normalized spacial score (nSPS) is 13.9. The number of fused-ring (bicyclic) bond motifs is 6. The van der Waals surface area contributed by atoms with Gasteiger partial charge in [0.15, 0.2) is 0 Å². The van der Waals surface area contributed by atoms with E-state index in [1.165, 1.54) is 43.6 Å². The number of para-hydroxylation sites is 4. The van der Waals surface area contributed by atoms with Gasteiger partial charge in [0.05, 0.1) is 0 Å². The van der Waals surface area contributed by atoms with E-state index in [1.807, 2.05) is 0 Å². The summed E-state index contributed by atoms with van der Waals surface area (Å²) in [5, 5.41) is 5.08. The van der Waals surface area contributed by atoms with E-state index in [0.717, 1.165) is 27.0 Å². The van der Waals surface area contributed by atoms with Crippen molar-refractivity contribution in [3.8, 4) is 11.4 Å². The molecule has 1 aliphatic rings. The molecule has 3 heterocycles. The van der Waals surface area contributed by atoms with Gasteiger partial charge in [0, 0.05) is 0 Å². The van der Waals surface area contributed by atoms with E-state index in [-0.39, 0.29) is 13.7 Å². The third kappa shape index (κ3) is 4.73. The van der Waals surface area contributed by atoms with Crippen molar-refractivity contribution < 1.29 is 18.7 Å². The molecule has 0 saturated carbocycles. The van der Waals surface area contributed by atoms with Gasteiger partial charge in [0.2, 0.25) is 0 Å². The van der Waals surface area contributed by atoms with Crippen molar-refractivity contribution in [2.24, 2.45) is 0 Å². The van der Waals surface area contributed by atoms with Crippen LogP contribution in [0.1, 0.15) is 0 Å². The minimum absolute atomic E-state index is 0.0469. The van der Waals surface area contributed by atoms with Crippen LogP contribution in [-0.4, -0.2) is 64.9 Å². The fourth-order valence-electron chi connectivity index (χ4n) is 8.01. The van der Waals surface area contributed by atoms with Crippen LogP contribution >= 0.6 is 0 Å². The number of hydrogen-bond acceptors (Lipinski definition) is 4. The first-order valence-electron chi connectivity index (χ1n) is 17.0. The van der Waals surface area contributed by atoms with Gasteiger partial charge in [0.25, 0.3) is 0 Å². The van der Waals surface area contributed by atoms with Crippen LogP contribution in [0.2, 0.25) is 0 Å². The molecular weight excluding hydrogens is 705 g/mol. The number of hydrogen-bond donors (Lipinski definition) is 0. The van der Waals surface area contributed by atoms with Gasteiger partial charge in [-0.05, 0) is 0 Å². The van der Waals surface area contributed by atoms with E-state index in [2.05, 4.69) is 221 Å². The molecule has 0 N–H and O–H groups in total. The van der Waals surface area contributed by atoms with Gasteiger partial charge in [0.1, 0.15) is 0 Å². The van der Waals surface area contributed by atoms with E-state index < -0.39 is 0 Å². The van der Waals surface area contributed by atoms with Crippen molar-refractivity contribution in [3.63, 3.8) is 0 Å². The molecule has 0 amide bonds. The Hall–Kier alpha value is -4.90. The Labute approximate surface area is 303 Å². The molecular formula is C41H36B2N6Pd. The second-order valence-corrected chi connectivity index (χ2v) is 14.2. The van der Waals surface area contributed by atoms with Crippen LogP contribution in [-0.2, 0) is 18.7 Å². The zero-order chi connectivity index (χ0) is 34.1. The van der Waals surface area contributed by atoms with E-state index in [9.17, 15) is 0 Å². The van der Waals surface area contributed by atoms with Gasteiger partial charge >= 0.3 is 305 Å². The fourth-order valence-corrected chi connectivity index (χ4v) is 8.82. The molecule has 0 bridgehead atoms. The van der Waals surface area contributed by atoms with Gasteiger partial charge in [-0.1, -0.05) is 0 Å². The van der Waals surface area contributed by atoms with Gasteiger partial charge in [-0.25, -0.2) is 0 Å². The molecule has 0 unspecified atom stereocenters. The number of aromatic nitrogens is 2. The average Bonchev–Trinajstić information content (AvgIpc) is 3.77. The molecule has 50 heavy (non-hydrogen) atoms. The van der Waals surface area contributed by atoms with Crippen molar-refractivity contribution in [3.05, 3.63) is 146 Å². The molecule has 8 aromatic rings. The van der Waals surface area contributed by atoms with Crippen LogP contribution in [0.15, 0.2) is 146 Å². The molecule has 2 aromatic heterocycles. The van der Waals surface area contributed by atoms with Crippen molar-refractivity contribution in [2.75, 3.05) is 37.8 Å². The Morgan fingerprint density at radius 3 is 0.920 bits per heavy atom. The number of rotatable bonds is 6. The van der Waals surface area contributed by atoms with Crippen LogP contribution in [0.4, 0.5) is 11.4 Å². The maximum atomic E-state index is 3.74. The fraction of sp³-hybridized carbons (Fsp3) is 0.0976. The Kier molecular flexibility index (Phi) is 7.56. The molecule has 246 valence electrons. The number of benzene rings is 6. The number of nitrogens with zero attached hydrogens (tertiary/aromatic N) is 6. The quantitative estimate of drug-likeness (QED) is 0.161. The molecule has 0 radical (unpaired) electrons. The summed E-state index contributed by atoms with van der Waals surface area (Å²) >= 11 is 3.74. The Balaban J connectivity index is 1.10. The molecule has 0 spiro atoms. The zero-order valence-electron chi connectivity index (χ0n) is 28.5. The maximum absolute atomic E-state index is 3.74. The molecule has 9 rings (SSSR count). The first-order chi connectivity index (χ1) is 24.4. The molecule has 0 atom stereocenters. The van der Waals surface area contributed by atoms with E-state index in [0.29, 0.717) is 0 Å². The first-order valence-corrected chi connectivity index (χ1v) is 17.8. The summed E-state index contributed by atoms with van der Waals surface area (Å²) < 4.78 is 5.78. The standard InChI is InChI=1S/C41H36B2N6.Pd/c1-44(2)42-43(45(3)4)47(31-23-27-33(28-24-31)49-40-19-11-7-15-36(40)37-16-8-12-20-41(37)49)29-46(42)30-21-25-32(26-22-30)48-38-17-9-5-13-34(38)35-14-6-10-18-39(35)48;/h5-28H,1-4H3;. The first kappa shape index (κ1) is 31.1. The van der Waals surface area contributed by atoms with Crippen molar-refractivity contribution >= 4 is 73.0 Å². The topological polar surface area (TPSA) is 22.8 Å². The monoisotopic (exact) mass is 740 g/mol. The van der Waals surface area contributed by atoms with Crippen molar-refractivity contribution in [2.45, 2.75) is 0 Å². The zero-order valence-corrected chi connectivity index (χ0v) is 30.1. The predicted molar refractivity (Wildman–Crippen MR) is 210 cm³/mol. The van der Waals surface area contributed by atoms with Crippen LogP contribution in [0.3, 0.4) is 0 Å². The minimum atomic E-state index is 0.0469. The van der Waals surface area contributed by atoms with Crippen LogP contribution < -0.4 is 9.62 Å². The third-order valence-electron chi connectivity index (χ3n) is 10.2. The van der Waals surface area contributed by atoms with Gasteiger partial charge in [-0.3, -0.25) is 0 Å². The average molecular weight is 741 g/mol. The summed E-state index contributed by atoms with van der Waals surface area (Å²) in [6, 6.07) is 52.7. The molecule has 9 heteroatoms. The second-order valence-electron chi connectivity index (χ2n) is 13.5. The molecule has 1 aliphatic heterocycles. The third-order valence-corrected chi connectivity index (χ3v) is 10.9. The Morgan fingerprint density at radius 2 is 0.640 bits per heavy atom. The second kappa shape index (κ2) is 12.2. The summed E-state index contributed by atoms with van der Waals surface area (Å²) in [6.07, 6.45) is 0. The Bertz CT molecular complexity index is 2270. The van der Waals surface area contributed by atoms with Crippen LogP contribution in [0, 0.1) is 0 Å². The molecule has 6 aromatic carbocycles. The summed E-state index contributed by atoms with van der Waals surface area (Å²) in [5.74, 6) is 0. The van der Waals surface area contributed by atoms with Gasteiger partial charge in [-0.2, -0.15) is 0 Å². The molecule has 1 saturated heterocycles. The van der Waals surface area contributed by atoms with E-state index in [4.69, 9.17) is 0 Å². The van der Waals surface area contributed by atoms with Gasteiger partial charge < -0.3 is 0 Å². The Morgan fingerprint density at radius 1 is 0.380 bits per heavy atom. The van der Waals surface area contributed by atoms with Gasteiger partial charge in [-0.15, -0.1) is 0 Å². The summed E-state index contributed by atoms with van der Waals surface area (Å²) in [5.41, 5.74) is 9.41. The predicted octanol–water partition coefficient (Wildman–Crippen LogP) is 8.02. The molecule has 0 aliphatic carbocycles. The van der Waals surface area contributed by atoms with E-state index >= 15 is 0 Å².